The number of aryl methyl sites for hydroxylation is 2. The van der Waals surface area contributed by atoms with Gasteiger partial charge in [-0.2, -0.15) is 0 Å². The molecule has 0 bridgehead atoms. The van der Waals surface area contributed by atoms with Crippen molar-refractivity contribution < 1.29 is 4.79 Å². The second-order valence-electron chi connectivity index (χ2n) is 9.56. The third-order valence-electron chi connectivity index (χ3n) is 7.20. The maximum atomic E-state index is 12.9. The molecule has 1 amide bonds. The van der Waals surface area contributed by atoms with E-state index in [1.807, 2.05) is 42.6 Å². The molecule has 1 aliphatic heterocycles. The number of hydrogen-bond acceptors (Lipinski definition) is 3. The first kappa shape index (κ1) is 23.5. The SMILES string of the molecule is CCc1ccccc1NC(=O)CCN1C(=S)N[C@@H](c2ccccn2)[C@@H]1c1cc(C)n(C2CC2)c1C. The van der Waals surface area contributed by atoms with Crippen LogP contribution in [0.2, 0.25) is 0 Å². The molecule has 3 heterocycles. The first-order valence-corrected chi connectivity index (χ1v) is 12.9. The van der Waals surface area contributed by atoms with E-state index in [4.69, 9.17) is 12.2 Å². The molecule has 6 nitrogen and oxygen atoms in total. The predicted molar refractivity (Wildman–Crippen MR) is 143 cm³/mol. The summed E-state index contributed by atoms with van der Waals surface area (Å²) in [4.78, 5) is 19.8. The lowest BCUT2D eigenvalue weighted by Gasteiger charge is -2.28. The number of para-hydroxylation sites is 1. The smallest absolute Gasteiger partial charge is 0.226 e. The van der Waals surface area contributed by atoms with Crippen LogP contribution in [0.5, 0.6) is 0 Å². The molecule has 0 spiro atoms. The van der Waals surface area contributed by atoms with Crippen LogP contribution in [0, 0.1) is 13.8 Å². The van der Waals surface area contributed by atoms with Gasteiger partial charge in [-0.3, -0.25) is 9.78 Å². The second-order valence-corrected chi connectivity index (χ2v) is 9.94. The van der Waals surface area contributed by atoms with Crippen LogP contribution in [0.1, 0.15) is 72.5 Å². The third-order valence-corrected chi connectivity index (χ3v) is 7.56. The lowest BCUT2D eigenvalue weighted by atomic mass is 9.96. The molecule has 1 saturated heterocycles. The maximum absolute atomic E-state index is 12.9. The molecule has 0 radical (unpaired) electrons. The fourth-order valence-corrected chi connectivity index (χ4v) is 5.70. The molecule has 2 N–H and O–H groups in total. The maximum Gasteiger partial charge on any atom is 0.226 e. The summed E-state index contributed by atoms with van der Waals surface area (Å²) < 4.78 is 2.47. The molecule has 1 saturated carbocycles. The van der Waals surface area contributed by atoms with Crippen molar-refractivity contribution in [2.24, 2.45) is 0 Å². The Balaban J connectivity index is 1.41. The van der Waals surface area contributed by atoms with Crippen LogP contribution in [-0.2, 0) is 11.2 Å². The van der Waals surface area contributed by atoms with E-state index in [2.05, 4.69) is 58.0 Å². The number of benzene rings is 1. The standard InChI is InChI=1S/C28H33N5OS/c1-4-20-9-5-6-10-23(20)30-25(34)14-16-32-27(22-17-18(2)33(19(22)3)21-12-13-21)26(31-28(32)35)24-11-7-8-15-29-24/h5-11,15,17,21,26-27H,4,12-14,16H2,1-3H3,(H,30,34)(H,31,35)/t26-,27-/m0/s1. The second kappa shape index (κ2) is 9.82. The number of pyridine rings is 1. The zero-order valence-electron chi connectivity index (χ0n) is 20.6. The van der Waals surface area contributed by atoms with Gasteiger partial charge in [0.25, 0.3) is 0 Å². The monoisotopic (exact) mass is 487 g/mol. The van der Waals surface area contributed by atoms with Crippen molar-refractivity contribution in [3.63, 3.8) is 0 Å². The third kappa shape index (κ3) is 4.69. The number of amides is 1. The van der Waals surface area contributed by atoms with E-state index in [-0.39, 0.29) is 18.0 Å². The summed E-state index contributed by atoms with van der Waals surface area (Å²) in [6.45, 7) is 7.03. The molecule has 1 aliphatic carbocycles. The Morgan fingerprint density at radius 2 is 1.94 bits per heavy atom. The normalized spacial score (nSPS) is 19.6. The van der Waals surface area contributed by atoms with Crippen LogP contribution in [0.3, 0.4) is 0 Å². The minimum Gasteiger partial charge on any atom is -0.352 e. The molecule has 5 rings (SSSR count). The Bertz CT molecular complexity index is 1230. The summed E-state index contributed by atoms with van der Waals surface area (Å²) in [6.07, 6.45) is 5.54. The summed E-state index contributed by atoms with van der Waals surface area (Å²) in [7, 11) is 0. The van der Waals surface area contributed by atoms with Gasteiger partial charge in [-0.1, -0.05) is 31.2 Å². The van der Waals surface area contributed by atoms with Crippen molar-refractivity contribution in [3.05, 3.63) is 82.9 Å². The van der Waals surface area contributed by atoms with Gasteiger partial charge in [0.2, 0.25) is 5.91 Å². The zero-order valence-corrected chi connectivity index (χ0v) is 21.4. The largest absolute Gasteiger partial charge is 0.352 e. The lowest BCUT2D eigenvalue weighted by molar-refractivity contribution is -0.116. The van der Waals surface area contributed by atoms with Gasteiger partial charge in [0.05, 0.1) is 17.8 Å². The van der Waals surface area contributed by atoms with Gasteiger partial charge in [0.15, 0.2) is 5.11 Å². The molecule has 0 unspecified atom stereocenters. The summed E-state index contributed by atoms with van der Waals surface area (Å²) >= 11 is 5.81. The molecule has 1 aromatic carbocycles. The van der Waals surface area contributed by atoms with Crippen molar-refractivity contribution in [1.82, 2.24) is 19.8 Å². The van der Waals surface area contributed by atoms with E-state index >= 15 is 0 Å². The molecule has 2 aliphatic rings. The molecule has 35 heavy (non-hydrogen) atoms. The molecule has 2 fully saturated rings. The van der Waals surface area contributed by atoms with Gasteiger partial charge >= 0.3 is 0 Å². The Kier molecular flexibility index (Phi) is 6.60. The number of aromatic nitrogens is 2. The fourth-order valence-electron chi connectivity index (χ4n) is 5.37. The van der Waals surface area contributed by atoms with Crippen molar-refractivity contribution in [2.75, 3.05) is 11.9 Å². The Labute approximate surface area is 212 Å². The minimum absolute atomic E-state index is 0.00260. The lowest BCUT2D eigenvalue weighted by Crippen LogP contribution is -2.33. The number of nitrogens with zero attached hydrogens (tertiary/aromatic N) is 3. The Morgan fingerprint density at radius 3 is 2.66 bits per heavy atom. The molecule has 182 valence electrons. The highest BCUT2D eigenvalue weighted by molar-refractivity contribution is 7.80. The summed E-state index contributed by atoms with van der Waals surface area (Å²) in [5.74, 6) is -0.00260. The first-order chi connectivity index (χ1) is 17.0. The van der Waals surface area contributed by atoms with Crippen molar-refractivity contribution in [3.8, 4) is 0 Å². The number of carbonyl (C=O) groups is 1. The molecular weight excluding hydrogens is 454 g/mol. The highest BCUT2D eigenvalue weighted by Gasteiger charge is 2.42. The molecular formula is C28H33N5OS. The highest BCUT2D eigenvalue weighted by Crippen LogP contribution is 2.44. The number of rotatable bonds is 8. The predicted octanol–water partition coefficient (Wildman–Crippen LogP) is 5.40. The summed E-state index contributed by atoms with van der Waals surface area (Å²) in [6, 6.07) is 16.8. The van der Waals surface area contributed by atoms with Gasteiger partial charge in [0.1, 0.15) is 0 Å². The topological polar surface area (TPSA) is 62.2 Å². The number of anilines is 1. The molecule has 2 aromatic heterocycles. The summed E-state index contributed by atoms with van der Waals surface area (Å²) in [5.41, 5.74) is 6.81. The van der Waals surface area contributed by atoms with E-state index in [0.717, 1.165) is 23.4 Å². The van der Waals surface area contributed by atoms with Crippen molar-refractivity contribution in [1.29, 1.82) is 0 Å². The average Bonchev–Trinajstić information content (AvgIpc) is 3.58. The minimum atomic E-state index is -0.0688. The van der Waals surface area contributed by atoms with E-state index in [1.54, 1.807) is 0 Å². The van der Waals surface area contributed by atoms with Crippen molar-refractivity contribution in [2.45, 2.75) is 64.6 Å². The number of carbonyl (C=O) groups excluding carboxylic acids is 1. The van der Waals surface area contributed by atoms with Gasteiger partial charge in [0, 0.05) is 42.3 Å². The quantitative estimate of drug-likeness (QED) is 0.417. The van der Waals surface area contributed by atoms with E-state index in [0.29, 0.717) is 24.1 Å². The van der Waals surface area contributed by atoms with Gasteiger partial charge in [-0.25, -0.2) is 0 Å². The van der Waals surface area contributed by atoms with E-state index < -0.39 is 0 Å². The zero-order chi connectivity index (χ0) is 24.5. The van der Waals surface area contributed by atoms with E-state index in [9.17, 15) is 4.79 Å². The van der Waals surface area contributed by atoms with Gasteiger partial charge in [-0.15, -0.1) is 0 Å². The average molecular weight is 488 g/mol. The number of thiocarbonyl (C=S) groups is 1. The molecule has 2 atom stereocenters. The van der Waals surface area contributed by atoms with E-state index in [1.165, 1.54) is 29.8 Å². The van der Waals surface area contributed by atoms with Gasteiger partial charge < -0.3 is 20.1 Å². The van der Waals surface area contributed by atoms with Crippen LogP contribution in [0.4, 0.5) is 5.69 Å². The summed E-state index contributed by atoms with van der Waals surface area (Å²) in [5, 5.41) is 7.29. The Morgan fingerprint density at radius 1 is 1.17 bits per heavy atom. The van der Waals surface area contributed by atoms with Crippen LogP contribution in [0.15, 0.2) is 54.7 Å². The van der Waals surface area contributed by atoms with Crippen LogP contribution in [0.25, 0.3) is 0 Å². The van der Waals surface area contributed by atoms with Crippen LogP contribution >= 0.6 is 12.2 Å². The molecule has 3 aromatic rings. The van der Waals surface area contributed by atoms with Gasteiger partial charge in [-0.05, 0) is 80.7 Å². The molecule has 7 heteroatoms. The van der Waals surface area contributed by atoms with Crippen LogP contribution in [-0.4, -0.2) is 32.0 Å². The Hall–Kier alpha value is -3.19. The first-order valence-electron chi connectivity index (χ1n) is 12.5. The van der Waals surface area contributed by atoms with Crippen LogP contribution < -0.4 is 10.6 Å². The number of hydrogen-bond donors (Lipinski definition) is 2. The fraction of sp³-hybridized carbons (Fsp3) is 0.393. The van der Waals surface area contributed by atoms with Crippen molar-refractivity contribution >= 4 is 28.9 Å². The number of nitrogens with one attached hydrogen (secondary N) is 2. The highest BCUT2D eigenvalue weighted by atomic mass is 32.1.